The first-order valence-corrected chi connectivity index (χ1v) is 7.91. The monoisotopic (exact) mass is 376 g/mol. The van der Waals surface area contributed by atoms with E-state index in [1.165, 1.54) is 37.4 Å². The van der Waals surface area contributed by atoms with Crippen molar-refractivity contribution in [3.05, 3.63) is 64.0 Å². The van der Waals surface area contributed by atoms with Crippen molar-refractivity contribution < 1.29 is 28.4 Å². The predicted octanol–water partition coefficient (Wildman–Crippen LogP) is 2.86. The molecule has 0 unspecified atom stereocenters. The van der Waals surface area contributed by atoms with E-state index in [4.69, 9.17) is 9.47 Å². The average molecular weight is 376 g/mol. The van der Waals surface area contributed by atoms with Crippen LogP contribution in [-0.4, -0.2) is 30.5 Å². The lowest BCUT2D eigenvalue weighted by Gasteiger charge is -2.08. The van der Waals surface area contributed by atoms with Crippen molar-refractivity contribution in [2.75, 3.05) is 19.0 Å². The summed E-state index contributed by atoms with van der Waals surface area (Å²) in [6.07, 6.45) is 0.353. The van der Waals surface area contributed by atoms with Crippen molar-refractivity contribution in [1.29, 1.82) is 0 Å². The number of benzene rings is 2. The number of nitrogens with one attached hydrogen (secondary N) is 1. The van der Waals surface area contributed by atoms with Gasteiger partial charge in [-0.25, -0.2) is 4.39 Å². The van der Waals surface area contributed by atoms with Crippen LogP contribution in [0.15, 0.2) is 42.5 Å². The zero-order valence-electron chi connectivity index (χ0n) is 14.4. The zero-order chi connectivity index (χ0) is 19.8. The Morgan fingerprint density at radius 3 is 2.52 bits per heavy atom. The minimum Gasteiger partial charge on any atom is -0.496 e. The summed E-state index contributed by atoms with van der Waals surface area (Å²) in [5, 5.41) is 13.4. The normalized spacial score (nSPS) is 10.1. The lowest BCUT2D eigenvalue weighted by Crippen LogP contribution is -2.21. The maximum Gasteiger partial charge on any atom is 0.306 e. The topological polar surface area (TPSA) is 108 Å². The standard InChI is InChI=1S/C18H17FN2O6/c1-26-14-7-8-15(16(10-14)21(24)25)20-17(22)11-27-18(23)9-4-12-2-5-13(19)6-3-12/h2-3,5-8,10H,4,9,11H2,1H3,(H,20,22). The summed E-state index contributed by atoms with van der Waals surface area (Å²) in [4.78, 5) is 34.0. The van der Waals surface area contributed by atoms with Gasteiger partial charge in [-0.3, -0.25) is 19.7 Å². The molecule has 0 saturated heterocycles. The van der Waals surface area contributed by atoms with Gasteiger partial charge < -0.3 is 14.8 Å². The number of esters is 1. The average Bonchev–Trinajstić information content (AvgIpc) is 2.66. The number of rotatable bonds is 8. The van der Waals surface area contributed by atoms with Gasteiger partial charge in [0.2, 0.25) is 0 Å². The van der Waals surface area contributed by atoms with Gasteiger partial charge >= 0.3 is 5.97 Å². The second kappa shape index (κ2) is 9.27. The number of aryl methyl sites for hydroxylation is 1. The molecule has 0 bridgehead atoms. The lowest BCUT2D eigenvalue weighted by molar-refractivity contribution is -0.384. The van der Waals surface area contributed by atoms with E-state index in [-0.39, 0.29) is 29.4 Å². The van der Waals surface area contributed by atoms with Crippen molar-refractivity contribution in [3.8, 4) is 5.75 Å². The van der Waals surface area contributed by atoms with E-state index in [2.05, 4.69) is 5.32 Å². The van der Waals surface area contributed by atoms with Gasteiger partial charge in [0, 0.05) is 6.42 Å². The highest BCUT2D eigenvalue weighted by Crippen LogP contribution is 2.28. The van der Waals surface area contributed by atoms with Crippen LogP contribution in [0.25, 0.3) is 0 Å². The molecule has 0 aliphatic heterocycles. The molecule has 0 heterocycles. The van der Waals surface area contributed by atoms with Gasteiger partial charge in [-0.05, 0) is 36.2 Å². The van der Waals surface area contributed by atoms with Gasteiger partial charge in [-0.2, -0.15) is 0 Å². The van der Waals surface area contributed by atoms with Crippen molar-refractivity contribution in [2.24, 2.45) is 0 Å². The molecular weight excluding hydrogens is 359 g/mol. The predicted molar refractivity (Wildman–Crippen MR) is 94.0 cm³/mol. The van der Waals surface area contributed by atoms with Crippen LogP contribution in [0.3, 0.4) is 0 Å². The zero-order valence-corrected chi connectivity index (χ0v) is 14.4. The Morgan fingerprint density at radius 2 is 1.89 bits per heavy atom. The molecule has 2 rings (SSSR count). The van der Waals surface area contributed by atoms with E-state index in [1.54, 1.807) is 12.1 Å². The summed E-state index contributed by atoms with van der Waals surface area (Å²) in [6, 6.07) is 9.63. The van der Waals surface area contributed by atoms with Gasteiger partial charge in [0.15, 0.2) is 6.61 Å². The number of halogens is 1. The molecule has 0 aromatic heterocycles. The van der Waals surface area contributed by atoms with Crippen molar-refractivity contribution in [2.45, 2.75) is 12.8 Å². The number of hydrogen-bond acceptors (Lipinski definition) is 6. The molecule has 0 atom stereocenters. The van der Waals surface area contributed by atoms with E-state index < -0.39 is 23.4 Å². The molecule has 8 nitrogen and oxygen atoms in total. The van der Waals surface area contributed by atoms with Crippen molar-refractivity contribution >= 4 is 23.3 Å². The van der Waals surface area contributed by atoms with Crippen LogP contribution in [0.1, 0.15) is 12.0 Å². The number of nitro groups is 1. The van der Waals surface area contributed by atoms with E-state index in [0.717, 1.165) is 5.56 Å². The Morgan fingerprint density at radius 1 is 1.19 bits per heavy atom. The first-order chi connectivity index (χ1) is 12.9. The number of carbonyl (C=O) groups is 2. The van der Waals surface area contributed by atoms with Gasteiger partial charge in [-0.15, -0.1) is 0 Å². The number of nitrogens with zero attached hydrogens (tertiary/aromatic N) is 1. The van der Waals surface area contributed by atoms with Gasteiger partial charge in [0.1, 0.15) is 17.3 Å². The number of amides is 1. The number of hydrogen-bond donors (Lipinski definition) is 1. The molecule has 1 amide bonds. The van der Waals surface area contributed by atoms with E-state index in [0.29, 0.717) is 6.42 Å². The molecule has 0 aliphatic rings. The van der Waals surface area contributed by atoms with Crippen LogP contribution in [0.4, 0.5) is 15.8 Å². The Kier molecular flexibility index (Phi) is 6.81. The smallest absolute Gasteiger partial charge is 0.306 e. The van der Waals surface area contributed by atoms with Crippen LogP contribution in [-0.2, 0) is 20.7 Å². The maximum absolute atomic E-state index is 12.8. The summed E-state index contributed by atoms with van der Waals surface area (Å²) < 4.78 is 22.6. The maximum atomic E-state index is 12.8. The molecule has 2 aromatic rings. The third-order valence-electron chi connectivity index (χ3n) is 3.57. The summed E-state index contributed by atoms with van der Waals surface area (Å²) in [5.41, 5.74) is 0.380. The van der Waals surface area contributed by atoms with Crippen molar-refractivity contribution in [3.63, 3.8) is 0 Å². The molecule has 0 saturated carbocycles. The quantitative estimate of drug-likeness (QED) is 0.431. The molecule has 0 spiro atoms. The Labute approximate surface area is 154 Å². The second-order valence-corrected chi connectivity index (χ2v) is 5.48. The minimum atomic E-state index is -0.710. The minimum absolute atomic E-state index is 0.0155. The highest BCUT2D eigenvalue weighted by molar-refractivity contribution is 5.95. The van der Waals surface area contributed by atoms with Crippen molar-refractivity contribution in [1.82, 2.24) is 0 Å². The van der Waals surface area contributed by atoms with Gasteiger partial charge in [0.25, 0.3) is 11.6 Å². The van der Waals surface area contributed by atoms with Crippen LogP contribution >= 0.6 is 0 Å². The number of methoxy groups -OCH3 is 1. The number of anilines is 1. The molecular formula is C18H17FN2O6. The summed E-state index contributed by atoms with van der Waals surface area (Å²) in [5.74, 6) is -1.42. The summed E-state index contributed by atoms with van der Waals surface area (Å²) in [7, 11) is 1.36. The molecule has 9 heteroatoms. The Bertz CT molecular complexity index is 838. The first kappa shape index (κ1) is 19.8. The largest absolute Gasteiger partial charge is 0.496 e. The summed E-state index contributed by atoms with van der Waals surface area (Å²) >= 11 is 0. The first-order valence-electron chi connectivity index (χ1n) is 7.91. The third-order valence-corrected chi connectivity index (χ3v) is 3.57. The number of ether oxygens (including phenoxy) is 2. The molecule has 27 heavy (non-hydrogen) atoms. The molecule has 0 fully saturated rings. The molecule has 2 aromatic carbocycles. The lowest BCUT2D eigenvalue weighted by atomic mass is 10.1. The van der Waals surface area contributed by atoms with Gasteiger partial charge in [-0.1, -0.05) is 12.1 Å². The Balaban J connectivity index is 1.84. The fraction of sp³-hybridized carbons (Fsp3) is 0.222. The van der Waals surface area contributed by atoms with E-state index >= 15 is 0 Å². The third kappa shape index (κ3) is 6.07. The highest BCUT2D eigenvalue weighted by Gasteiger charge is 2.18. The SMILES string of the molecule is COc1ccc(NC(=O)COC(=O)CCc2ccc(F)cc2)c([N+](=O)[O-])c1. The Hall–Kier alpha value is -3.49. The summed E-state index contributed by atoms with van der Waals surface area (Å²) in [6.45, 7) is -0.578. The number of nitro benzene ring substituents is 1. The van der Waals surface area contributed by atoms with Crippen LogP contribution in [0, 0.1) is 15.9 Å². The second-order valence-electron chi connectivity index (χ2n) is 5.48. The van der Waals surface area contributed by atoms with Crippen LogP contribution in [0.5, 0.6) is 5.75 Å². The highest BCUT2D eigenvalue weighted by atomic mass is 19.1. The van der Waals surface area contributed by atoms with Crippen LogP contribution < -0.4 is 10.1 Å². The van der Waals surface area contributed by atoms with E-state index in [1.807, 2.05) is 0 Å². The molecule has 0 aliphatic carbocycles. The fourth-order valence-corrected chi connectivity index (χ4v) is 2.20. The molecule has 0 radical (unpaired) electrons. The van der Waals surface area contributed by atoms with Gasteiger partial charge in [0.05, 0.1) is 18.1 Å². The number of carbonyl (C=O) groups excluding carboxylic acids is 2. The molecule has 142 valence electrons. The van der Waals surface area contributed by atoms with E-state index in [9.17, 15) is 24.1 Å². The molecule has 1 N–H and O–H groups in total. The fourth-order valence-electron chi connectivity index (χ4n) is 2.20. The van der Waals surface area contributed by atoms with Crippen LogP contribution in [0.2, 0.25) is 0 Å².